The molecule has 0 spiro atoms. The van der Waals surface area contributed by atoms with E-state index in [9.17, 15) is 13.2 Å². The number of aromatic amines is 2. The highest BCUT2D eigenvalue weighted by molar-refractivity contribution is 7.91. The summed E-state index contributed by atoms with van der Waals surface area (Å²) in [6.45, 7) is 5.46. The molecule has 0 aliphatic heterocycles. The summed E-state index contributed by atoms with van der Waals surface area (Å²) in [5, 5.41) is 2.77. The lowest BCUT2D eigenvalue weighted by atomic mass is 10.1. The van der Waals surface area contributed by atoms with Gasteiger partial charge in [-0.3, -0.25) is 4.79 Å². The van der Waals surface area contributed by atoms with E-state index < -0.39 is 15.9 Å². The topological polar surface area (TPSA) is 160 Å². The first kappa shape index (κ1) is 28.5. The number of hydrogen-bond donors (Lipinski definition) is 5. The monoisotopic (exact) mass is 566 g/mol. The third-order valence-corrected chi connectivity index (χ3v) is 9.50. The van der Waals surface area contributed by atoms with Crippen molar-refractivity contribution >= 4 is 49.1 Å². The minimum atomic E-state index is -3.72. The molecule has 206 valence electrons. The van der Waals surface area contributed by atoms with Gasteiger partial charge in [0.1, 0.15) is 5.01 Å². The van der Waals surface area contributed by atoms with Gasteiger partial charge in [-0.1, -0.05) is 36.4 Å². The van der Waals surface area contributed by atoms with Gasteiger partial charge in [-0.25, -0.2) is 18.1 Å². The van der Waals surface area contributed by atoms with Gasteiger partial charge < -0.3 is 21.4 Å². The number of carbonyl (C=O) groups excluding carboxylic acids is 1. The van der Waals surface area contributed by atoms with Crippen LogP contribution in [-0.2, 0) is 34.1 Å². The number of carbonyl (C=O) groups is 1. The van der Waals surface area contributed by atoms with Crippen LogP contribution >= 0.6 is 11.3 Å². The molecule has 7 N–H and O–H groups in total. The molecule has 0 fully saturated rings. The highest BCUT2D eigenvalue weighted by atomic mass is 32.2. The summed E-state index contributed by atoms with van der Waals surface area (Å²) < 4.78 is 28.2. The molecule has 0 saturated carbocycles. The standard InChI is InChI=1S/C17H20N4O3S2.C11H14N2/c1-10(7-12-9-19-14-6-4-3-5-13(12)14)21-26(23,24)17-11(2)20-16(25-17)8-15(18)22;1-8(12)6-9-7-13-11-5-3-2-4-10(9)11/h3-6,9-10,19,21H,7-8H2,1-2H3,(H2,18,22);2-5,7-8,13H,6,12H2,1H3. The van der Waals surface area contributed by atoms with Gasteiger partial charge in [0, 0.05) is 46.3 Å². The number of benzene rings is 2. The van der Waals surface area contributed by atoms with E-state index in [1.165, 1.54) is 16.5 Å². The third-order valence-electron chi connectivity index (χ3n) is 6.14. The largest absolute Gasteiger partial charge is 0.369 e. The molecule has 1 amide bonds. The molecule has 2 aromatic carbocycles. The van der Waals surface area contributed by atoms with Gasteiger partial charge in [-0.15, -0.1) is 11.3 Å². The number of fused-ring (bicyclic) bond motifs is 2. The van der Waals surface area contributed by atoms with Gasteiger partial charge in [-0.05, 0) is 56.9 Å². The molecular weight excluding hydrogens is 532 g/mol. The molecule has 2 atom stereocenters. The maximum Gasteiger partial charge on any atom is 0.252 e. The smallest absolute Gasteiger partial charge is 0.252 e. The zero-order valence-electron chi connectivity index (χ0n) is 22.2. The number of hydrogen-bond acceptors (Lipinski definition) is 6. The number of thiazole rings is 1. The third kappa shape index (κ3) is 7.12. The molecule has 5 aromatic rings. The zero-order valence-corrected chi connectivity index (χ0v) is 23.8. The number of nitrogens with zero attached hydrogens (tertiary/aromatic N) is 1. The first-order valence-electron chi connectivity index (χ1n) is 12.7. The Labute approximate surface area is 232 Å². The summed E-state index contributed by atoms with van der Waals surface area (Å²) >= 11 is 0.979. The molecule has 0 bridgehead atoms. The molecule has 5 rings (SSSR count). The van der Waals surface area contributed by atoms with Crippen LogP contribution in [0.15, 0.2) is 65.1 Å². The summed E-state index contributed by atoms with van der Waals surface area (Å²) in [7, 11) is -3.72. The van der Waals surface area contributed by atoms with Crippen LogP contribution < -0.4 is 16.2 Å². The Balaban J connectivity index is 0.000000226. The van der Waals surface area contributed by atoms with Crippen molar-refractivity contribution in [2.45, 2.75) is 56.3 Å². The average Bonchev–Trinajstić information content (AvgIpc) is 3.56. The van der Waals surface area contributed by atoms with Crippen LogP contribution in [-0.4, -0.2) is 41.4 Å². The molecule has 3 aromatic heterocycles. The number of amides is 1. The lowest BCUT2D eigenvalue weighted by molar-refractivity contribution is -0.117. The number of H-pyrrole nitrogens is 2. The average molecular weight is 567 g/mol. The van der Waals surface area contributed by atoms with Crippen LogP contribution in [0.25, 0.3) is 21.8 Å². The van der Waals surface area contributed by atoms with Gasteiger partial charge in [0.05, 0.1) is 12.1 Å². The van der Waals surface area contributed by atoms with Gasteiger partial charge in [-0.2, -0.15) is 0 Å². The van der Waals surface area contributed by atoms with E-state index in [4.69, 9.17) is 11.5 Å². The van der Waals surface area contributed by atoms with E-state index in [1.807, 2.05) is 56.6 Å². The fraction of sp³-hybridized carbons (Fsp3) is 0.286. The van der Waals surface area contributed by atoms with Crippen LogP contribution in [0.3, 0.4) is 0 Å². The second kappa shape index (κ2) is 12.1. The van der Waals surface area contributed by atoms with Crippen LogP contribution in [0.5, 0.6) is 0 Å². The molecule has 0 radical (unpaired) electrons. The van der Waals surface area contributed by atoms with E-state index in [1.54, 1.807) is 6.92 Å². The summed E-state index contributed by atoms with van der Waals surface area (Å²) in [6.07, 6.45) is 5.37. The Morgan fingerprint density at radius 1 is 0.974 bits per heavy atom. The zero-order chi connectivity index (χ0) is 28.2. The number of primary amides is 1. The van der Waals surface area contributed by atoms with E-state index in [-0.39, 0.29) is 22.7 Å². The normalized spacial score (nSPS) is 13.2. The lowest BCUT2D eigenvalue weighted by Gasteiger charge is -2.13. The summed E-state index contributed by atoms with van der Waals surface area (Å²) in [6, 6.07) is 16.1. The number of nitrogens with one attached hydrogen (secondary N) is 3. The molecule has 0 aliphatic rings. The number of para-hydroxylation sites is 2. The van der Waals surface area contributed by atoms with E-state index >= 15 is 0 Å². The van der Waals surface area contributed by atoms with Crippen LogP contribution in [0.2, 0.25) is 0 Å². The maximum atomic E-state index is 12.7. The highest BCUT2D eigenvalue weighted by Crippen LogP contribution is 2.25. The van der Waals surface area contributed by atoms with E-state index in [0.717, 1.165) is 34.2 Å². The second-order valence-corrected chi connectivity index (χ2v) is 12.7. The molecule has 39 heavy (non-hydrogen) atoms. The van der Waals surface area contributed by atoms with Crippen molar-refractivity contribution in [2.75, 3.05) is 0 Å². The Morgan fingerprint density at radius 2 is 1.51 bits per heavy atom. The Kier molecular flexibility index (Phi) is 8.86. The molecule has 9 nitrogen and oxygen atoms in total. The summed E-state index contributed by atoms with van der Waals surface area (Å²) in [4.78, 5) is 21.6. The van der Waals surface area contributed by atoms with Crippen molar-refractivity contribution in [3.63, 3.8) is 0 Å². The van der Waals surface area contributed by atoms with Crippen molar-refractivity contribution in [2.24, 2.45) is 11.5 Å². The fourth-order valence-corrected chi connectivity index (χ4v) is 7.38. The number of rotatable bonds is 9. The Bertz CT molecular complexity index is 1680. The van der Waals surface area contributed by atoms with E-state index in [2.05, 4.69) is 37.9 Å². The number of sulfonamides is 1. The lowest BCUT2D eigenvalue weighted by Crippen LogP contribution is -2.34. The van der Waals surface area contributed by atoms with Crippen LogP contribution in [0, 0.1) is 6.92 Å². The van der Waals surface area contributed by atoms with Crippen molar-refractivity contribution in [1.82, 2.24) is 19.7 Å². The number of aryl methyl sites for hydroxylation is 1. The first-order chi connectivity index (χ1) is 18.5. The molecule has 0 saturated heterocycles. The molecule has 0 aliphatic carbocycles. The van der Waals surface area contributed by atoms with Crippen LogP contribution in [0.4, 0.5) is 0 Å². The Morgan fingerprint density at radius 3 is 2.05 bits per heavy atom. The van der Waals surface area contributed by atoms with Crippen molar-refractivity contribution in [3.05, 3.63) is 82.8 Å². The quantitative estimate of drug-likeness (QED) is 0.182. The van der Waals surface area contributed by atoms with Crippen molar-refractivity contribution in [3.8, 4) is 0 Å². The Hall–Kier alpha value is -3.51. The highest BCUT2D eigenvalue weighted by Gasteiger charge is 2.24. The second-order valence-electron chi connectivity index (χ2n) is 9.75. The van der Waals surface area contributed by atoms with E-state index in [0.29, 0.717) is 17.1 Å². The maximum absolute atomic E-state index is 12.7. The predicted molar refractivity (Wildman–Crippen MR) is 157 cm³/mol. The summed E-state index contributed by atoms with van der Waals surface area (Å²) in [5.74, 6) is -0.539. The number of nitrogens with two attached hydrogens (primary N) is 2. The fourth-order valence-electron chi connectivity index (χ4n) is 4.55. The van der Waals surface area contributed by atoms with Crippen molar-refractivity contribution < 1.29 is 13.2 Å². The molecule has 11 heteroatoms. The van der Waals surface area contributed by atoms with Gasteiger partial charge in [0.15, 0.2) is 4.21 Å². The van der Waals surface area contributed by atoms with Gasteiger partial charge in [0.25, 0.3) is 10.0 Å². The van der Waals surface area contributed by atoms with Crippen molar-refractivity contribution in [1.29, 1.82) is 0 Å². The minimum absolute atomic E-state index is 0.0636. The van der Waals surface area contributed by atoms with Crippen LogP contribution in [0.1, 0.15) is 35.7 Å². The van der Waals surface area contributed by atoms with Gasteiger partial charge >= 0.3 is 0 Å². The molecular formula is C28H34N6O3S2. The SMILES string of the molecule is CC(N)Cc1c[nH]c2ccccc12.Cc1nc(CC(N)=O)sc1S(=O)(=O)NC(C)Cc1c[nH]c2ccccc12. The first-order valence-corrected chi connectivity index (χ1v) is 15.0. The summed E-state index contributed by atoms with van der Waals surface area (Å²) in [5.41, 5.74) is 15.9. The number of aromatic nitrogens is 3. The van der Waals surface area contributed by atoms with Gasteiger partial charge in [0.2, 0.25) is 5.91 Å². The molecule has 2 unspecified atom stereocenters. The molecule has 3 heterocycles. The minimum Gasteiger partial charge on any atom is -0.369 e. The predicted octanol–water partition coefficient (Wildman–Crippen LogP) is 3.93.